The lowest BCUT2D eigenvalue weighted by Crippen LogP contribution is -2.41. The zero-order valence-electron chi connectivity index (χ0n) is 21.8. The predicted octanol–water partition coefficient (Wildman–Crippen LogP) is 6.60. The lowest BCUT2D eigenvalue weighted by atomic mass is 9.92. The zero-order valence-corrected chi connectivity index (χ0v) is 23.4. The minimum Gasteiger partial charge on any atom is -0.480 e. The molecule has 2 N–H and O–H groups in total. The molecule has 1 heterocycles. The molecule has 1 amide bonds. The number of aryl methyl sites for hydroxylation is 1. The largest absolute Gasteiger partial charge is 0.480 e. The van der Waals surface area contributed by atoms with Crippen molar-refractivity contribution in [1.82, 2.24) is 10.3 Å². The van der Waals surface area contributed by atoms with E-state index in [0.717, 1.165) is 32.1 Å². The molecule has 0 saturated heterocycles. The number of thiazole rings is 1. The number of aliphatic carboxylic acids is 1. The molecule has 0 spiro atoms. The van der Waals surface area contributed by atoms with E-state index < -0.39 is 24.0 Å². The van der Waals surface area contributed by atoms with Crippen molar-refractivity contribution in [3.8, 4) is 21.7 Å². The first-order valence-corrected chi connectivity index (χ1v) is 14.5. The Balaban J connectivity index is 1.72. The summed E-state index contributed by atoms with van der Waals surface area (Å²) in [4.78, 5) is 30.5. The van der Waals surface area contributed by atoms with E-state index in [1.807, 2.05) is 49.6 Å². The summed E-state index contributed by atoms with van der Waals surface area (Å²) in [7, 11) is 1.61. The van der Waals surface area contributed by atoms with E-state index in [4.69, 9.17) is 4.74 Å². The number of benzene rings is 3. The lowest BCUT2D eigenvalue weighted by Gasteiger charge is -2.20. The average molecular weight is 565 g/mol. The number of amides is 1. The van der Waals surface area contributed by atoms with Gasteiger partial charge < -0.3 is 15.2 Å². The second-order valence-electron chi connectivity index (χ2n) is 8.96. The number of carboxylic acid groups (broad SMARTS) is 1. The summed E-state index contributed by atoms with van der Waals surface area (Å²) in [6.07, 6.45) is 3.51. The smallest absolute Gasteiger partial charge is 0.326 e. The van der Waals surface area contributed by atoms with Crippen molar-refractivity contribution in [2.75, 3.05) is 19.1 Å². The molecule has 2 atom stereocenters. The molecule has 9 heteroatoms. The van der Waals surface area contributed by atoms with E-state index >= 15 is 0 Å². The number of carbonyl (C=O) groups is 2. The van der Waals surface area contributed by atoms with E-state index in [9.17, 15) is 19.1 Å². The predicted molar refractivity (Wildman–Crippen MR) is 155 cm³/mol. The first-order valence-electron chi connectivity index (χ1n) is 12.3. The van der Waals surface area contributed by atoms with Crippen LogP contribution >= 0.6 is 23.1 Å². The van der Waals surface area contributed by atoms with Crippen LogP contribution in [0.3, 0.4) is 0 Å². The molecule has 0 bridgehead atoms. The quantitative estimate of drug-likeness (QED) is 0.214. The van der Waals surface area contributed by atoms with E-state index in [1.165, 1.54) is 35.2 Å². The summed E-state index contributed by atoms with van der Waals surface area (Å²) in [6.45, 7) is 1.97. The van der Waals surface area contributed by atoms with Gasteiger partial charge in [-0.2, -0.15) is 11.8 Å². The number of nitrogens with zero attached hydrogens (tertiary/aromatic N) is 1. The van der Waals surface area contributed by atoms with Gasteiger partial charge in [-0.05, 0) is 84.0 Å². The number of nitrogens with one attached hydrogen (secondary N) is 1. The first kappa shape index (κ1) is 28.5. The van der Waals surface area contributed by atoms with Crippen LogP contribution in [-0.4, -0.2) is 47.1 Å². The fourth-order valence-corrected chi connectivity index (χ4v) is 5.80. The van der Waals surface area contributed by atoms with Crippen molar-refractivity contribution < 1.29 is 23.8 Å². The van der Waals surface area contributed by atoms with Crippen LogP contribution in [0, 0.1) is 12.7 Å². The topological polar surface area (TPSA) is 88.5 Å². The van der Waals surface area contributed by atoms with Gasteiger partial charge in [0.05, 0.1) is 4.88 Å². The molecule has 39 heavy (non-hydrogen) atoms. The maximum Gasteiger partial charge on any atom is 0.326 e. The molecule has 0 saturated carbocycles. The van der Waals surface area contributed by atoms with E-state index in [-0.39, 0.29) is 5.82 Å². The van der Waals surface area contributed by atoms with E-state index in [0.29, 0.717) is 23.3 Å². The Morgan fingerprint density at radius 2 is 1.85 bits per heavy atom. The van der Waals surface area contributed by atoms with Crippen LogP contribution in [0.1, 0.15) is 38.9 Å². The number of aromatic nitrogens is 1. The van der Waals surface area contributed by atoms with Gasteiger partial charge in [0.15, 0.2) is 0 Å². The number of carbonyl (C=O) groups excluding carboxylic acids is 1. The van der Waals surface area contributed by atoms with Crippen LogP contribution in [0.2, 0.25) is 0 Å². The minimum absolute atomic E-state index is 0.308. The van der Waals surface area contributed by atoms with Gasteiger partial charge in [-0.25, -0.2) is 14.2 Å². The van der Waals surface area contributed by atoms with Crippen LogP contribution in [0.5, 0.6) is 0 Å². The van der Waals surface area contributed by atoms with Gasteiger partial charge in [0.2, 0.25) is 0 Å². The first-order chi connectivity index (χ1) is 18.8. The highest BCUT2D eigenvalue weighted by Crippen LogP contribution is 2.37. The van der Waals surface area contributed by atoms with Gasteiger partial charge in [0.25, 0.3) is 5.91 Å². The summed E-state index contributed by atoms with van der Waals surface area (Å²) in [5.41, 5.74) is 4.54. The molecule has 202 valence electrons. The fraction of sp³-hybridized carbons (Fsp3) is 0.233. The van der Waals surface area contributed by atoms with Gasteiger partial charge in [-0.1, -0.05) is 30.3 Å². The third-order valence-corrected chi connectivity index (χ3v) is 8.08. The standard InChI is InChI=1S/C30H29FN2O4S2/c1-18-6-4-5-7-22(18)24-16-20(10-13-23(24)28(34)33-25(30(35)36)14-15-38-3)27(37-2)26-17-32-29(39-26)19-8-11-21(31)12-9-19/h4-13,16-17,25,27H,14-15H2,1-3H3,(H,33,34)(H,35,36). The Labute approximate surface area is 235 Å². The summed E-state index contributed by atoms with van der Waals surface area (Å²) in [6, 6.07) is 18.4. The van der Waals surface area contributed by atoms with Gasteiger partial charge >= 0.3 is 5.97 Å². The molecule has 0 aliphatic heterocycles. The number of ether oxygens (including phenoxy) is 1. The highest BCUT2D eigenvalue weighted by molar-refractivity contribution is 7.98. The van der Waals surface area contributed by atoms with Gasteiger partial charge in [0, 0.05) is 24.4 Å². The summed E-state index contributed by atoms with van der Waals surface area (Å²) in [5.74, 6) is -1.20. The molecule has 0 aliphatic carbocycles. The Hall–Kier alpha value is -3.53. The van der Waals surface area contributed by atoms with Crippen molar-refractivity contribution in [1.29, 1.82) is 0 Å². The minimum atomic E-state index is -1.06. The normalized spacial score (nSPS) is 12.6. The van der Waals surface area contributed by atoms with Crippen molar-refractivity contribution in [2.45, 2.75) is 25.5 Å². The summed E-state index contributed by atoms with van der Waals surface area (Å²) < 4.78 is 19.3. The average Bonchev–Trinajstić information content (AvgIpc) is 3.41. The van der Waals surface area contributed by atoms with E-state index in [1.54, 1.807) is 31.5 Å². The summed E-state index contributed by atoms with van der Waals surface area (Å²) >= 11 is 2.98. The Morgan fingerprint density at radius 1 is 1.10 bits per heavy atom. The second-order valence-corrected chi connectivity index (χ2v) is 11.0. The third-order valence-electron chi connectivity index (χ3n) is 6.35. The van der Waals surface area contributed by atoms with Crippen LogP contribution < -0.4 is 5.32 Å². The number of thioether (sulfide) groups is 1. The molecular formula is C30H29FN2O4S2. The Bertz CT molecular complexity index is 1460. The van der Waals surface area contributed by atoms with Crippen LogP contribution in [0.15, 0.2) is 72.9 Å². The number of hydrogen-bond acceptors (Lipinski definition) is 6. The van der Waals surface area contributed by atoms with Crippen LogP contribution in [0.4, 0.5) is 4.39 Å². The summed E-state index contributed by atoms with van der Waals surface area (Å²) in [5, 5.41) is 13.1. The Morgan fingerprint density at radius 3 is 2.51 bits per heavy atom. The molecule has 2 unspecified atom stereocenters. The van der Waals surface area contributed by atoms with Crippen molar-refractivity contribution in [3.05, 3.63) is 100 Å². The zero-order chi connectivity index (χ0) is 27.9. The molecule has 3 aromatic carbocycles. The molecule has 0 fully saturated rings. The highest BCUT2D eigenvalue weighted by atomic mass is 32.2. The SMILES string of the molecule is COC(c1ccc(C(=O)NC(CCSC)C(=O)O)c(-c2ccccc2C)c1)c1cnc(-c2ccc(F)cc2)s1. The van der Waals surface area contributed by atoms with Crippen molar-refractivity contribution in [3.63, 3.8) is 0 Å². The highest BCUT2D eigenvalue weighted by Gasteiger charge is 2.25. The molecule has 0 radical (unpaired) electrons. The molecule has 0 aliphatic rings. The lowest BCUT2D eigenvalue weighted by molar-refractivity contribution is -0.139. The van der Waals surface area contributed by atoms with Gasteiger partial charge in [-0.3, -0.25) is 4.79 Å². The number of carboxylic acids is 1. The monoisotopic (exact) mass is 564 g/mol. The number of methoxy groups -OCH3 is 1. The molecule has 4 aromatic rings. The molecule has 6 nitrogen and oxygen atoms in total. The fourth-order valence-electron chi connectivity index (χ4n) is 4.30. The molecular weight excluding hydrogens is 535 g/mol. The van der Waals surface area contributed by atoms with Crippen LogP contribution in [0.25, 0.3) is 21.7 Å². The Kier molecular flexibility index (Phi) is 9.50. The third kappa shape index (κ3) is 6.73. The van der Waals surface area contributed by atoms with Gasteiger partial charge in [0.1, 0.15) is 23.0 Å². The van der Waals surface area contributed by atoms with Crippen molar-refractivity contribution >= 4 is 35.0 Å². The van der Waals surface area contributed by atoms with Crippen molar-refractivity contribution in [2.24, 2.45) is 0 Å². The van der Waals surface area contributed by atoms with E-state index in [2.05, 4.69) is 10.3 Å². The maximum atomic E-state index is 13.4. The van der Waals surface area contributed by atoms with Crippen LogP contribution in [-0.2, 0) is 9.53 Å². The number of halogens is 1. The number of rotatable bonds is 11. The van der Waals surface area contributed by atoms with Gasteiger partial charge in [-0.15, -0.1) is 11.3 Å². The maximum absolute atomic E-state index is 13.4. The molecule has 4 rings (SSSR count). The molecule has 1 aromatic heterocycles. The number of hydrogen-bond donors (Lipinski definition) is 2. The second kappa shape index (κ2) is 13.0.